The van der Waals surface area contributed by atoms with Gasteiger partial charge in [-0.25, -0.2) is 0 Å². The van der Waals surface area contributed by atoms with E-state index in [9.17, 15) is 9.59 Å². The summed E-state index contributed by atoms with van der Waals surface area (Å²) >= 11 is 0. The van der Waals surface area contributed by atoms with Crippen LogP contribution in [0.1, 0.15) is 10.5 Å². The molecule has 7 nitrogen and oxygen atoms in total. The van der Waals surface area contributed by atoms with Gasteiger partial charge in [0.05, 0.1) is 11.9 Å². The third-order valence-corrected chi connectivity index (χ3v) is 2.36. The highest BCUT2D eigenvalue weighted by atomic mass is 16.4. The maximum absolute atomic E-state index is 11.8. The predicted octanol–water partition coefficient (Wildman–Crippen LogP) is 0.558. The summed E-state index contributed by atoms with van der Waals surface area (Å²) in [4.78, 5) is 22.3. The van der Waals surface area contributed by atoms with Crippen LogP contribution < -0.4 is 5.32 Å². The van der Waals surface area contributed by atoms with E-state index in [0.29, 0.717) is 11.4 Å². The molecular formula is C11H12N4O3. The van der Waals surface area contributed by atoms with Crippen molar-refractivity contribution < 1.29 is 14.7 Å². The van der Waals surface area contributed by atoms with Crippen LogP contribution in [0.4, 0.5) is 5.69 Å². The first kappa shape index (κ1) is 11.9. The van der Waals surface area contributed by atoms with Gasteiger partial charge < -0.3 is 15.0 Å². The topological polar surface area (TPSA) is 89.2 Å². The van der Waals surface area contributed by atoms with Gasteiger partial charge >= 0.3 is 5.97 Å². The third kappa shape index (κ3) is 2.57. The number of anilines is 1. The largest absolute Gasteiger partial charge is 0.480 e. The molecule has 0 fully saturated rings. The highest BCUT2D eigenvalue weighted by molar-refractivity contribution is 6.03. The second kappa shape index (κ2) is 4.74. The molecule has 2 N–H and O–H groups in total. The minimum Gasteiger partial charge on any atom is -0.480 e. The van der Waals surface area contributed by atoms with Crippen LogP contribution in [0, 0.1) is 0 Å². The number of aryl methyl sites for hydroxylation is 1. The highest BCUT2D eigenvalue weighted by Gasteiger charge is 2.10. The van der Waals surface area contributed by atoms with E-state index >= 15 is 0 Å². The number of amides is 1. The molecule has 0 spiro atoms. The van der Waals surface area contributed by atoms with Gasteiger partial charge in [0.2, 0.25) is 0 Å². The molecule has 2 heterocycles. The molecule has 0 saturated heterocycles. The normalized spacial score (nSPS) is 10.3. The highest BCUT2D eigenvalue weighted by Crippen LogP contribution is 2.08. The van der Waals surface area contributed by atoms with Crippen LogP contribution in [0.2, 0.25) is 0 Å². The maximum Gasteiger partial charge on any atom is 0.325 e. The zero-order chi connectivity index (χ0) is 13.1. The minimum absolute atomic E-state index is 0.236. The van der Waals surface area contributed by atoms with E-state index in [1.54, 1.807) is 29.9 Å². The Bertz CT molecular complexity index is 585. The van der Waals surface area contributed by atoms with Crippen molar-refractivity contribution in [1.82, 2.24) is 14.3 Å². The lowest BCUT2D eigenvalue weighted by atomic mass is 10.4. The zero-order valence-electron chi connectivity index (χ0n) is 9.70. The average molecular weight is 248 g/mol. The van der Waals surface area contributed by atoms with Crippen LogP contribution in [0.5, 0.6) is 0 Å². The van der Waals surface area contributed by atoms with Crippen LogP contribution in [-0.2, 0) is 18.4 Å². The molecule has 1 amide bonds. The summed E-state index contributed by atoms with van der Waals surface area (Å²) in [5.41, 5.74) is 0.975. The Morgan fingerprint density at radius 1 is 1.50 bits per heavy atom. The molecule has 7 heteroatoms. The van der Waals surface area contributed by atoms with Crippen molar-refractivity contribution in [2.45, 2.75) is 6.54 Å². The molecule has 0 aliphatic heterocycles. The molecule has 2 aromatic heterocycles. The Balaban J connectivity index is 2.06. The molecule has 0 bridgehead atoms. The summed E-state index contributed by atoms with van der Waals surface area (Å²) in [5, 5.41) is 15.1. The van der Waals surface area contributed by atoms with Gasteiger partial charge in [0.1, 0.15) is 12.2 Å². The molecule has 94 valence electrons. The van der Waals surface area contributed by atoms with Crippen LogP contribution in [0.15, 0.2) is 30.7 Å². The monoisotopic (exact) mass is 248 g/mol. The predicted molar refractivity (Wildman–Crippen MR) is 63.2 cm³/mol. The molecule has 0 radical (unpaired) electrons. The number of nitrogens with one attached hydrogen (secondary N) is 1. The van der Waals surface area contributed by atoms with Crippen LogP contribution >= 0.6 is 0 Å². The Kier molecular flexibility index (Phi) is 3.13. The van der Waals surface area contributed by atoms with E-state index < -0.39 is 5.97 Å². The SMILES string of the molecule is Cn1cccc1C(=O)Nc1cnn(CC(=O)O)c1. The summed E-state index contributed by atoms with van der Waals surface area (Å²) in [6.45, 7) is -0.236. The van der Waals surface area contributed by atoms with Crippen molar-refractivity contribution in [3.05, 3.63) is 36.4 Å². The van der Waals surface area contributed by atoms with E-state index in [0.717, 1.165) is 0 Å². The van der Waals surface area contributed by atoms with Crippen molar-refractivity contribution in [1.29, 1.82) is 0 Å². The molecule has 0 atom stereocenters. The number of carbonyl (C=O) groups is 2. The fourth-order valence-electron chi connectivity index (χ4n) is 1.55. The van der Waals surface area contributed by atoms with E-state index in [1.807, 2.05) is 0 Å². The first-order valence-electron chi connectivity index (χ1n) is 5.23. The summed E-state index contributed by atoms with van der Waals surface area (Å²) in [6.07, 6.45) is 4.64. The van der Waals surface area contributed by atoms with Gasteiger partial charge in [-0.05, 0) is 12.1 Å². The van der Waals surface area contributed by atoms with Gasteiger partial charge in [-0.2, -0.15) is 5.10 Å². The number of carboxylic acids is 1. The summed E-state index contributed by atoms with van der Waals surface area (Å²) < 4.78 is 2.93. The molecule has 0 aliphatic carbocycles. The Morgan fingerprint density at radius 3 is 2.89 bits per heavy atom. The quantitative estimate of drug-likeness (QED) is 0.827. The van der Waals surface area contributed by atoms with Crippen molar-refractivity contribution in [2.75, 3.05) is 5.32 Å². The second-order valence-electron chi connectivity index (χ2n) is 3.78. The standard InChI is InChI=1S/C11H12N4O3/c1-14-4-2-3-9(14)11(18)13-8-5-12-15(6-8)7-10(16)17/h2-6H,7H2,1H3,(H,13,18)(H,16,17). The third-order valence-electron chi connectivity index (χ3n) is 2.36. The molecule has 0 saturated carbocycles. The van der Waals surface area contributed by atoms with E-state index in [2.05, 4.69) is 10.4 Å². The summed E-state index contributed by atoms with van der Waals surface area (Å²) in [7, 11) is 1.77. The van der Waals surface area contributed by atoms with Crippen molar-refractivity contribution in [2.24, 2.45) is 7.05 Å². The van der Waals surface area contributed by atoms with Gasteiger partial charge in [0.25, 0.3) is 5.91 Å². The molecule has 2 aromatic rings. The maximum atomic E-state index is 11.8. The number of hydrogen-bond acceptors (Lipinski definition) is 3. The van der Waals surface area contributed by atoms with Crippen molar-refractivity contribution >= 4 is 17.6 Å². The number of aromatic nitrogens is 3. The lowest BCUT2D eigenvalue weighted by Gasteiger charge is -2.03. The van der Waals surface area contributed by atoms with E-state index in [4.69, 9.17) is 5.11 Å². The lowest BCUT2D eigenvalue weighted by molar-refractivity contribution is -0.137. The smallest absolute Gasteiger partial charge is 0.325 e. The first-order chi connectivity index (χ1) is 8.56. The van der Waals surface area contributed by atoms with Gasteiger partial charge in [-0.1, -0.05) is 0 Å². The first-order valence-corrected chi connectivity index (χ1v) is 5.23. The van der Waals surface area contributed by atoms with Crippen molar-refractivity contribution in [3.63, 3.8) is 0 Å². The number of hydrogen-bond donors (Lipinski definition) is 2. The van der Waals surface area contributed by atoms with Gasteiger partial charge in [0.15, 0.2) is 0 Å². The summed E-state index contributed by atoms with van der Waals surface area (Å²) in [5.74, 6) is -1.25. The van der Waals surface area contributed by atoms with Crippen LogP contribution in [0.25, 0.3) is 0 Å². The van der Waals surface area contributed by atoms with E-state index in [-0.39, 0.29) is 12.5 Å². The second-order valence-corrected chi connectivity index (χ2v) is 3.78. The molecule has 2 rings (SSSR count). The lowest BCUT2D eigenvalue weighted by Crippen LogP contribution is -2.15. The molecule has 0 aliphatic rings. The Labute approximate surface area is 103 Å². The zero-order valence-corrected chi connectivity index (χ0v) is 9.70. The number of carboxylic acid groups (broad SMARTS) is 1. The van der Waals surface area contributed by atoms with Gasteiger partial charge in [-0.15, -0.1) is 0 Å². The molecule has 0 aromatic carbocycles. The summed E-state index contributed by atoms with van der Waals surface area (Å²) in [6, 6.07) is 3.46. The average Bonchev–Trinajstić information content (AvgIpc) is 2.87. The Hall–Kier alpha value is -2.57. The van der Waals surface area contributed by atoms with Crippen LogP contribution in [-0.4, -0.2) is 31.3 Å². The number of rotatable bonds is 4. The van der Waals surface area contributed by atoms with Gasteiger partial charge in [0, 0.05) is 19.4 Å². The molecule has 0 unspecified atom stereocenters. The minimum atomic E-state index is -0.988. The fraction of sp³-hybridized carbons (Fsp3) is 0.182. The van der Waals surface area contributed by atoms with Crippen LogP contribution in [0.3, 0.4) is 0 Å². The number of nitrogens with zero attached hydrogens (tertiary/aromatic N) is 3. The number of carbonyl (C=O) groups excluding carboxylic acids is 1. The number of aliphatic carboxylic acids is 1. The molecule has 18 heavy (non-hydrogen) atoms. The Morgan fingerprint density at radius 2 is 2.28 bits per heavy atom. The molecular weight excluding hydrogens is 236 g/mol. The van der Waals surface area contributed by atoms with Gasteiger partial charge in [-0.3, -0.25) is 14.3 Å². The fourth-order valence-corrected chi connectivity index (χ4v) is 1.55. The van der Waals surface area contributed by atoms with Crippen molar-refractivity contribution in [3.8, 4) is 0 Å². The van der Waals surface area contributed by atoms with E-state index in [1.165, 1.54) is 17.1 Å².